The highest BCUT2D eigenvalue weighted by Gasteiger charge is 2.40. The average Bonchev–Trinajstić information content (AvgIpc) is 2.28. The lowest BCUT2D eigenvalue weighted by atomic mass is 9.79. The molecule has 1 unspecified atom stereocenters. The van der Waals surface area contributed by atoms with Gasteiger partial charge in [0.15, 0.2) is 0 Å². The van der Waals surface area contributed by atoms with E-state index in [1.807, 2.05) is 0 Å². The summed E-state index contributed by atoms with van der Waals surface area (Å²) in [7, 11) is 0. The molecule has 1 nitrogen and oxygen atoms in total. The third-order valence-electron chi connectivity index (χ3n) is 3.32. The van der Waals surface area contributed by atoms with Gasteiger partial charge in [-0.1, -0.05) is 13.8 Å². The molecule has 0 spiro atoms. The van der Waals surface area contributed by atoms with Crippen LogP contribution in [0.4, 0.5) is 8.78 Å². The molecule has 1 heterocycles. The zero-order chi connectivity index (χ0) is 14.3. The smallest absolute Gasteiger partial charge is 0.143 e. The zero-order valence-electron chi connectivity index (χ0n) is 11.0. The van der Waals surface area contributed by atoms with Crippen LogP contribution in [0, 0.1) is 17.0 Å². The number of hydrogen-bond donors (Lipinski definition) is 1. The summed E-state index contributed by atoms with van der Waals surface area (Å²) in [6.07, 6.45) is 0.568. The first-order valence-electron chi connectivity index (χ1n) is 6.15. The Morgan fingerprint density at radius 3 is 2.63 bits per heavy atom. The van der Waals surface area contributed by atoms with Crippen molar-refractivity contribution in [2.45, 2.75) is 32.3 Å². The van der Waals surface area contributed by atoms with Crippen molar-refractivity contribution < 1.29 is 13.9 Å². The molecule has 1 aliphatic rings. The Labute approximate surface area is 124 Å². The molecule has 1 aliphatic heterocycles. The van der Waals surface area contributed by atoms with Crippen LogP contribution in [-0.2, 0) is 6.42 Å². The summed E-state index contributed by atoms with van der Waals surface area (Å²) in [6, 6.07) is 2.57. The monoisotopic (exact) mass is 350 g/mol. The quantitative estimate of drug-likeness (QED) is 0.808. The number of benzene rings is 1. The maximum Gasteiger partial charge on any atom is 0.143 e. The van der Waals surface area contributed by atoms with E-state index in [1.165, 1.54) is 12.1 Å². The van der Waals surface area contributed by atoms with Gasteiger partial charge in [-0.15, -0.1) is 0 Å². The molecule has 1 saturated heterocycles. The van der Waals surface area contributed by atoms with Crippen molar-refractivity contribution in [2.24, 2.45) is 5.41 Å². The van der Waals surface area contributed by atoms with Gasteiger partial charge < -0.3 is 5.11 Å². The SMILES string of the molecule is CC1(C)CSCC(O)(Cc2c(F)ccc(Br)c2F)C1. The predicted molar refractivity (Wildman–Crippen MR) is 78.4 cm³/mol. The van der Waals surface area contributed by atoms with Gasteiger partial charge in [0.1, 0.15) is 11.6 Å². The summed E-state index contributed by atoms with van der Waals surface area (Å²) in [5, 5.41) is 10.6. The largest absolute Gasteiger partial charge is 0.389 e. The Bertz CT molecular complexity index is 493. The number of thioether (sulfide) groups is 1. The molecule has 1 fully saturated rings. The first kappa shape index (κ1) is 15.3. The van der Waals surface area contributed by atoms with Gasteiger partial charge in [0, 0.05) is 17.7 Å². The van der Waals surface area contributed by atoms with Gasteiger partial charge in [-0.25, -0.2) is 8.78 Å². The highest BCUT2D eigenvalue weighted by atomic mass is 79.9. The molecule has 0 aliphatic carbocycles. The standard InChI is InChI=1S/C14H17BrF2OS/c1-13(2)6-14(18,8-19-7-13)5-9-11(16)4-3-10(15)12(9)17/h3-4,18H,5-8H2,1-2H3. The van der Waals surface area contributed by atoms with E-state index in [1.54, 1.807) is 11.8 Å². The maximum absolute atomic E-state index is 14.0. The van der Waals surface area contributed by atoms with Gasteiger partial charge in [-0.05, 0) is 45.7 Å². The van der Waals surface area contributed by atoms with Crippen LogP contribution in [0.25, 0.3) is 0 Å². The molecule has 1 atom stereocenters. The van der Waals surface area contributed by atoms with Gasteiger partial charge in [0.25, 0.3) is 0 Å². The second kappa shape index (κ2) is 5.34. The Kier molecular flexibility index (Phi) is 4.29. The third-order valence-corrected chi connectivity index (χ3v) is 5.66. The second-order valence-corrected chi connectivity index (χ2v) is 7.90. The maximum atomic E-state index is 14.0. The van der Waals surface area contributed by atoms with E-state index in [4.69, 9.17) is 0 Å². The Morgan fingerprint density at radius 1 is 1.32 bits per heavy atom. The molecule has 0 bridgehead atoms. The highest BCUT2D eigenvalue weighted by molar-refractivity contribution is 9.10. The fourth-order valence-corrected chi connectivity index (χ4v) is 4.40. The van der Waals surface area contributed by atoms with Gasteiger partial charge >= 0.3 is 0 Å². The van der Waals surface area contributed by atoms with E-state index < -0.39 is 17.2 Å². The van der Waals surface area contributed by atoms with Crippen molar-refractivity contribution in [2.75, 3.05) is 11.5 Å². The number of halogens is 3. The van der Waals surface area contributed by atoms with Crippen LogP contribution < -0.4 is 0 Å². The first-order valence-corrected chi connectivity index (χ1v) is 8.10. The van der Waals surface area contributed by atoms with Crippen LogP contribution in [0.15, 0.2) is 16.6 Å². The minimum Gasteiger partial charge on any atom is -0.389 e. The van der Waals surface area contributed by atoms with E-state index in [0.717, 1.165) is 5.75 Å². The van der Waals surface area contributed by atoms with Crippen LogP contribution in [-0.4, -0.2) is 22.2 Å². The second-order valence-electron chi connectivity index (χ2n) is 6.06. The predicted octanol–water partition coefficient (Wildman–Crippen LogP) is 4.16. The molecule has 1 aromatic carbocycles. The molecule has 0 saturated carbocycles. The van der Waals surface area contributed by atoms with Gasteiger partial charge in [-0.2, -0.15) is 11.8 Å². The van der Waals surface area contributed by atoms with Crippen molar-refractivity contribution in [3.05, 3.63) is 33.8 Å². The van der Waals surface area contributed by atoms with Crippen LogP contribution in [0.2, 0.25) is 0 Å². The summed E-state index contributed by atoms with van der Waals surface area (Å²) in [5.74, 6) is 0.268. The molecule has 1 aromatic rings. The van der Waals surface area contributed by atoms with Crippen molar-refractivity contribution in [1.29, 1.82) is 0 Å². The van der Waals surface area contributed by atoms with Gasteiger partial charge in [-0.3, -0.25) is 0 Å². The van der Waals surface area contributed by atoms with E-state index in [-0.39, 0.29) is 21.9 Å². The Balaban J connectivity index is 2.28. The summed E-state index contributed by atoms with van der Waals surface area (Å²) in [4.78, 5) is 0. The molecule has 19 heavy (non-hydrogen) atoms. The van der Waals surface area contributed by atoms with E-state index in [9.17, 15) is 13.9 Å². The number of aliphatic hydroxyl groups is 1. The lowest BCUT2D eigenvalue weighted by Crippen LogP contribution is -2.44. The third kappa shape index (κ3) is 3.50. The molecule has 106 valence electrons. The van der Waals surface area contributed by atoms with Crippen LogP contribution >= 0.6 is 27.7 Å². The van der Waals surface area contributed by atoms with E-state index >= 15 is 0 Å². The molecule has 0 radical (unpaired) electrons. The Hall–Kier alpha value is -0.130. The summed E-state index contributed by atoms with van der Waals surface area (Å²) in [6.45, 7) is 4.13. The average molecular weight is 351 g/mol. The van der Waals surface area contributed by atoms with Crippen molar-refractivity contribution >= 4 is 27.7 Å². The highest BCUT2D eigenvalue weighted by Crippen LogP contribution is 2.41. The number of hydrogen-bond acceptors (Lipinski definition) is 2. The lowest BCUT2D eigenvalue weighted by Gasteiger charge is -2.41. The molecule has 0 aromatic heterocycles. The van der Waals surface area contributed by atoms with Crippen LogP contribution in [0.1, 0.15) is 25.8 Å². The normalized spacial score (nSPS) is 26.4. The molecule has 0 amide bonds. The van der Waals surface area contributed by atoms with Crippen molar-refractivity contribution in [3.63, 3.8) is 0 Å². The molecular weight excluding hydrogens is 334 g/mol. The summed E-state index contributed by atoms with van der Waals surface area (Å²) < 4.78 is 28.0. The Morgan fingerprint density at radius 2 is 2.00 bits per heavy atom. The van der Waals surface area contributed by atoms with E-state index in [0.29, 0.717) is 12.2 Å². The van der Waals surface area contributed by atoms with Crippen LogP contribution in [0.5, 0.6) is 0 Å². The molecule has 2 rings (SSSR count). The topological polar surface area (TPSA) is 20.2 Å². The zero-order valence-corrected chi connectivity index (χ0v) is 13.4. The van der Waals surface area contributed by atoms with Crippen molar-refractivity contribution in [3.8, 4) is 0 Å². The fraction of sp³-hybridized carbons (Fsp3) is 0.571. The summed E-state index contributed by atoms with van der Waals surface area (Å²) in [5.41, 5.74) is -1.10. The lowest BCUT2D eigenvalue weighted by molar-refractivity contribution is 0.0185. The number of rotatable bonds is 2. The minimum absolute atomic E-state index is 0.0144. The minimum atomic E-state index is -1.05. The molecule has 5 heteroatoms. The van der Waals surface area contributed by atoms with Gasteiger partial charge in [0.05, 0.1) is 10.1 Å². The van der Waals surface area contributed by atoms with Crippen LogP contribution in [0.3, 0.4) is 0 Å². The molecule has 1 N–H and O–H groups in total. The van der Waals surface area contributed by atoms with Crippen molar-refractivity contribution in [1.82, 2.24) is 0 Å². The van der Waals surface area contributed by atoms with Gasteiger partial charge in [0.2, 0.25) is 0 Å². The summed E-state index contributed by atoms with van der Waals surface area (Å²) >= 11 is 4.69. The fourth-order valence-electron chi connectivity index (χ4n) is 2.68. The van der Waals surface area contributed by atoms with E-state index in [2.05, 4.69) is 29.8 Å². The molecular formula is C14H17BrF2OS. The first-order chi connectivity index (χ1) is 8.72.